The number of likely N-dealkylation sites (N-methyl/N-ethyl adjacent to an activating group) is 1. The van der Waals surface area contributed by atoms with Crippen molar-refractivity contribution in [2.75, 3.05) is 27.7 Å². The highest BCUT2D eigenvalue weighted by atomic mass is 35.5. The highest BCUT2D eigenvalue weighted by Gasteiger charge is 2.10. The molecule has 4 heteroatoms. The second-order valence-corrected chi connectivity index (χ2v) is 4.92. The maximum absolute atomic E-state index is 12.9. The van der Waals surface area contributed by atoms with Crippen molar-refractivity contribution < 1.29 is 4.39 Å². The largest absolute Gasteiger partial charge is 0.317 e. The second-order valence-electron chi connectivity index (χ2n) is 4.52. The van der Waals surface area contributed by atoms with E-state index in [9.17, 15) is 4.39 Å². The molecule has 2 nitrogen and oxygen atoms in total. The molecule has 0 saturated carbocycles. The van der Waals surface area contributed by atoms with Crippen LogP contribution in [0.2, 0.25) is 5.02 Å². The number of hydrogen-bond acceptors (Lipinski definition) is 2. The van der Waals surface area contributed by atoms with Gasteiger partial charge in [-0.05, 0) is 58.2 Å². The molecule has 0 spiro atoms. The minimum Gasteiger partial charge on any atom is -0.317 e. The molecule has 1 aromatic carbocycles. The van der Waals surface area contributed by atoms with E-state index in [1.807, 2.05) is 7.05 Å². The van der Waals surface area contributed by atoms with E-state index in [0.717, 1.165) is 24.9 Å². The van der Waals surface area contributed by atoms with E-state index in [0.29, 0.717) is 11.1 Å². The van der Waals surface area contributed by atoms with E-state index >= 15 is 0 Å². The van der Waals surface area contributed by atoms with Gasteiger partial charge in [-0.3, -0.25) is 0 Å². The molecular weight excluding hydrogens is 239 g/mol. The fraction of sp³-hybridized carbons (Fsp3) is 0.538. The Kier molecular flexibility index (Phi) is 5.89. The zero-order valence-electron chi connectivity index (χ0n) is 10.6. The minimum atomic E-state index is -0.284. The number of rotatable bonds is 6. The zero-order chi connectivity index (χ0) is 12.8. The van der Waals surface area contributed by atoms with Gasteiger partial charge in [-0.25, -0.2) is 4.39 Å². The second kappa shape index (κ2) is 6.94. The number of benzene rings is 1. The van der Waals surface area contributed by atoms with Crippen LogP contribution in [0.25, 0.3) is 0 Å². The minimum absolute atomic E-state index is 0.284. The molecular formula is C13H20ClFN2. The Morgan fingerprint density at radius 2 is 2.12 bits per heavy atom. The fourth-order valence-corrected chi connectivity index (χ4v) is 1.96. The Morgan fingerprint density at radius 1 is 1.41 bits per heavy atom. The first-order valence-electron chi connectivity index (χ1n) is 5.79. The number of nitrogens with one attached hydrogen (secondary N) is 1. The first kappa shape index (κ1) is 14.4. The lowest BCUT2D eigenvalue weighted by Crippen LogP contribution is -2.31. The monoisotopic (exact) mass is 258 g/mol. The molecule has 17 heavy (non-hydrogen) atoms. The smallest absolute Gasteiger partial charge is 0.124 e. The summed E-state index contributed by atoms with van der Waals surface area (Å²) in [6.45, 7) is 1.02. The van der Waals surface area contributed by atoms with Gasteiger partial charge in [-0.15, -0.1) is 0 Å². The van der Waals surface area contributed by atoms with Crippen molar-refractivity contribution in [2.24, 2.45) is 0 Å². The van der Waals surface area contributed by atoms with Crippen molar-refractivity contribution in [1.82, 2.24) is 10.2 Å². The fourth-order valence-electron chi connectivity index (χ4n) is 1.72. The van der Waals surface area contributed by atoms with Crippen LogP contribution in [-0.4, -0.2) is 38.6 Å². The van der Waals surface area contributed by atoms with Gasteiger partial charge in [0.2, 0.25) is 0 Å². The molecule has 1 aromatic rings. The maximum Gasteiger partial charge on any atom is 0.124 e. The molecule has 0 aliphatic heterocycles. The van der Waals surface area contributed by atoms with Gasteiger partial charge in [0.1, 0.15) is 5.82 Å². The lowest BCUT2D eigenvalue weighted by molar-refractivity contribution is 0.364. The highest BCUT2D eigenvalue weighted by molar-refractivity contribution is 6.31. The van der Waals surface area contributed by atoms with Crippen LogP contribution in [0.3, 0.4) is 0 Å². The van der Waals surface area contributed by atoms with Gasteiger partial charge in [0.25, 0.3) is 0 Å². The summed E-state index contributed by atoms with van der Waals surface area (Å²) in [6, 6.07) is 4.95. The van der Waals surface area contributed by atoms with Crippen molar-refractivity contribution in [2.45, 2.75) is 18.9 Å². The quantitative estimate of drug-likeness (QED) is 0.844. The van der Waals surface area contributed by atoms with Crippen LogP contribution < -0.4 is 5.32 Å². The Labute approximate surface area is 108 Å². The third-order valence-corrected chi connectivity index (χ3v) is 3.17. The van der Waals surface area contributed by atoms with E-state index in [1.54, 1.807) is 6.07 Å². The Morgan fingerprint density at radius 3 is 2.65 bits per heavy atom. The van der Waals surface area contributed by atoms with Crippen LogP contribution in [0.15, 0.2) is 18.2 Å². The molecule has 96 valence electrons. The molecule has 0 fully saturated rings. The van der Waals surface area contributed by atoms with Crippen molar-refractivity contribution in [1.29, 1.82) is 0 Å². The normalized spacial score (nSPS) is 13.1. The average molecular weight is 259 g/mol. The summed E-state index contributed by atoms with van der Waals surface area (Å²) in [6.07, 6.45) is 1.86. The molecule has 1 unspecified atom stereocenters. The van der Waals surface area contributed by atoms with E-state index in [-0.39, 0.29) is 5.82 Å². The van der Waals surface area contributed by atoms with E-state index in [1.165, 1.54) is 12.1 Å². The average Bonchev–Trinajstić information content (AvgIpc) is 2.26. The summed E-state index contributed by atoms with van der Waals surface area (Å²) in [7, 11) is 6.05. The lowest BCUT2D eigenvalue weighted by atomic mass is 10.0. The molecule has 0 heterocycles. The molecule has 0 amide bonds. The standard InChI is InChI=1S/C13H20ClFN2/c1-16-12(6-7-17(2)3)8-10-4-5-11(15)9-13(10)14/h4-5,9,12,16H,6-8H2,1-3H3. The Bertz CT molecular complexity index is 355. The van der Waals surface area contributed by atoms with E-state index in [4.69, 9.17) is 11.6 Å². The predicted molar refractivity (Wildman–Crippen MR) is 71.1 cm³/mol. The van der Waals surface area contributed by atoms with Crippen LogP contribution in [0.5, 0.6) is 0 Å². The number of nitrogens with zero attached hydrogens (tertiary/aromatic N) is 1. The third kappa shape index (κ3) is 5.02. The molecule has 0 aliphatic carbocycles. The lowest BCUT2D eigenvalue weighted by Gasteiger charge is -2.19. The van der Waals surface area contributed by atoms with Crippen LogP contribution in [0.1, 0.15) is 12.0 Å². The molecule has 1 rings (SSSR count). The first-order valence-corrected chi connectivity index (χ1v) is 6.16. The summed E-state index contributed by atoms with van der Waals surface area (Å²) >= 11 is 6.02. The predicted octanol–water partition coefficient (Wildman–Crippen LogP) is 2.56. The van der Waals surface area contributed by atoms with Gasteiger partial charge in [0.15, 0.2) is 0 Å². The van der Waals surface area contributed by atoms with Crippen LogP contribution in [0, 0.1) is 5.82 Å². The molecule has 0 aromatic heterocycles. The molecule has 1 N–H and O–H groups in total. The number of hydrogen-bond donors (Lipinski definition) is 1. The summed E-state index contributed by atoms with van der Waals surface area (Å²) in [4.78, 5) is 2.15. The van der Waals surface area contributed by atoms with Gasteiger partial charge in [0.05, 0.1) is 0 Å². The Hall–Kier alpha value is -0.640. The molecule has 0 aliphatic rings. The molecule has 0 bridgehead atoms. The van der Waals surface area contributed by atoms with E-state index < -0.39 is 0 Å². The van der Waals surface area contributed by atoms with Crippen LogP contribution in [0.4, 0.5) is 4.39 Å². The zero-order valence-corrected chi connectivity index (χ0v) is 11.4. The molecule has 0 radical (unpaired) electrons. The summed E-state index contributed by atoms with van der Waals surface area (Å²) in [5.74, 6) is -0.284. The first-order chi connectivity index (χ1) is 8.02. The maximum atomic E-state index is 12.9. The van der Waals surface area contributed by atoms with Gasteiger partial charge in [-0.1, -0.05) is 17.7 Å². The van der Waals surface area contributed by atoms with Crippen molar-refractivity contribution in [3.05, 3.63) is 34.6 Å². The summed E-state index contributed by atoms with van der Waals surface area (Å²) in [5, 5.41) is 3.78. The third-order valence-electron chi connectivity index (χ3n) is 2.81. The van der Waals surface area contributed by atoms with E-state index in [2.05, 4.69) is 24.3 Å². The molecule has 0 saturated heterocycles. The summed E-state index contributed by atoms with van der Waals surface area (Å²) < 4.78 is 12.9. The van der Waals surface area contributed by atoms with Gasteiger partial charge in [-0.2, -0.15) is 0 Å². The SMILES string of the molecule is CNC(CCN(C)C)Cc1ccc(F)cc1Cl. The Balaban J connectivity index is 2.60. The molecule has 1 atom stereocenters. The highest BCUT2D eigenvalue weighted by Crippen LogP contribution is 2.19. The van der Waals surface area contributed by atoms with Gasteiger partial charge < -0.3 is 10.2 Å². The summed E-state index contributed by atoms with van der Waals surface area (Å²) in [5.41, 5.74) is 0.992. The van der Waals surface area contributed by atoms with Crippen LogP contribution in [-0.2, 0) is 6.42 Å². The van der Waals surface area contributed by atoms with Crippen molar-refractivity contribution >= 4 is 11.6 Å². The number of halogens is 2. The van der Waals surface area contributed by atoms with Crippen molar-refractivity contribution in [3.63, 3.8) is 0 Å². The van der Waals surface area contributed by atoms with Gasteiger partial charge in [0, 0.05) is 11.1 Å². The van der Waals surface area contributed by atoms with Crippen molar-refractivity contribution in [3.8, 4) is 0 Å². The van der Waals surface area contributed by atoms with Crippen LogP contribution >= 0.6 is 11.6 Å². The topological polar surface area (TPSA) is 15.3 Å². The van der Waals surface area contributed by atoms with Gasteiger partial charge >= 0.3 is 0 Å².